The van der Waals surface area contributed by atoms with Crippen LogP contribution >= 0.6 is 11.8 Å². The van der Waals surface area contributed by atoms with Gasteiger partial charge in [-0.05, 0) is 45.7 Å². The van der Waals surface area contributed by atoms with E-state index in [-0.39, 0.29) is 5.54 Å². The average molecular weight is 297 g/mol. The molecule has 1 spiro atoms. The molecule has 0 bridgehead atoms. The molecule has 114 valence electrons. The first-order chi connectivity index (χ1) is 9.76. The summed E-state index contributed by atoms with van der Waals surface area (Å²) in [5.74, 6) is 1.16. The molecule has 0 aliphatic carbocycles. The summed E-state index contributed by atoms with van der Waals surface area (Å²) in [4.78, 5) is 7.48. The van der Waals surface area contributed by atoms with Gasteiger partial charge < -0.3 is 15.0 Å². The van der Waals surface area contributed by atoms with E-state index in [2.05, 4.69) is 17.1 Å². The van der Waals surface area contributed by atoms with Gasteiger partial charge in [0.1, 0.15) is 0 Å². The molecule has 0 saturated carbocycles. The lowest BCUT2D eigenvalue weighted by Crippen LogP contribution is -2.48. The number of amidine groups is 1. The molecule has 3 saturated heterocycles. The van der Waals surface area contributed by atoms with Gasteiger partial charge in [-0.1, -0.05) is 18.2 Å². The van der Waals surface area contributed by atoms with Crippen molar-refractivity contribution in [2.24, 2.45) is 4.99 Å². The first kappa shape index (κ1) is 14.7. The Morgan fingerprint density at radius 3 is 2.80 bits per heavy atom. The Hall–Kier alpha value is -0.260. The Labute approximate surface area is 126 Å². The summed E-state index contributed by atoms with van der Waals surface area (Å²) < 4.78 is 5.48. The molecule has 3 aliphatic rings. The average Bonchev–Trinajstić information content (AvgIpc) is 2.83. The minimum absolute atomic E-state index is 0.270. The number of aliphatic imine (C=N–C) groups is 1. The third-order valence-electron chi connectivity index (χ3n) is 4.62. The van der Waals surface area contributed by atoms with Gasteiger partial charge in [0.25, 0.3) is 0 Å². The molecule has 1 atom stereocenters. The second-order valence-corrected chi connectivity index (χ2v) is 7.41. The Kier molecular flexibility index (Phi) is 4.89. The summed E-state index contributed by atoms with van der Waals surface area (Å²) in [7, 11) is 0. The molecule has 1 unspecified atom stereocenters. The van der Waals surface area contributed by atoms with Gasteiger partial charge in [-0.15, -0.1) is 0 Å². The van der Waals surface area contributed by atoms with E-state index in [0.717, 1.165) is 43.5 Å². The zero-order valence-corrected chi connectivity index (χ0v) is 13.4. The molecular formula is C15H27N3OS. The number of hydrogen-bond acceptors (Lipinski definition) is 4. The maximum absolute atomic E-state index is 5.48. The number of ether oxygens (including phenoxy) is 1. The smallest absolute Gasteiger partial charge is 0.157 e. The van der Waals surface area contributed by atoms with E-state index in [4.69, 9.17) is 9.73 Å². The number of piperidine rings is 1. The van der Waals surface area contributed by atoms with Crippen molar-refractivity contribution in [3.63, 3.8) is 0 Å². The molecule has 3 rings (SSSR count). The van der Waals surface area contributed by atoms with Crippen molar-refractivity contribution in [1.82, 2.24) is 10.2 Å². The Balaban J connectivity index is 1.50. The monoisotopic (exact) mass is 297 g/mol. The van der Waals surface area contributed by atoms with Crippen LogP contribution in [0.2, 0.25) is 0 Å². The molecule has 0 amide bonds. The van der Waals surface area contributed by atoms with Crippen molar-refractivity contribution in [2.45, 2.75) is 50.6 Å². The molecule has 5 heteroatoms. The van der Waals surface area contributed by atoms with Crippen molar-refractivity contribution in [3.05, 3.63) is 0 Å². The van der Waals surface area contributed by atoms with E-state index >= 15 is 0 Å². The van der Waals surface area contributed by atoms with Gasteiger partial charge in [0.2, 0.25) is 0 Å². The summed E-state index contributed by atoms with van der Waals surface area (Å²) in [6.45, 7) is 7.67. The van der Waals surface area contributed by atoms with Crippen LogP contribution in [0.15, 0.2) is 4.99 Å². The fourth-order valence-electron chi connectivity index (χ4n) is 3.36. The predicted octanol–water partition coefficient (Wildman–Crippen LogP) is 2.10. The standard InChI is InChI=1S/C15H27N3OS/c1-13(11-18-7-3-2-4-8-18)16-14-17-15(12-20-14)5-9-19-10-6-15/h13H,2-12H2,1H3,(H,16,17). The van der Waals surface area contributed by atoms with E-state index in [0.29, 0.717) is 6.04 Å². The highest BCUT2D eigenvalue weighted by atomic mass is 32.2. The molecule has 1 N–H and O–H groups in total. The van der Waals surface area contributed by atoms with Crippen LogP contribution < -0.4 is 5.32 Å². The summed E-state index contributed by atoms with van der Waals surface area (Å²) in [5.41, 5.74) is 0.270. The third kappa shape index (κ3) is 3.68. The molecule has 4 nitrogen and oxygen atoms in total. The normalized spacial score (nSPS) is 30.6. The predicted molar refractivity (Wildman–Crippen MR) is 85.6 cm³/mol. The Morgan fingerprint density at radius 2 is 2.05 bits per heavy atom. The third-order valence-corrected chi connectivity index (χ3v) is 5.79. The van der Waals surface area contributed by atoms with Gasteiger partial charge in [-0.2, -0.15) is 0 Å². The summed E-state index contributed by atoms with van der Waals surface area (Å²) in [6, 6.07) is 0.401. The van der Waals surface area contributed by atoms with E-state index in [1.54, 1.807) is 0 Å². The lowest BCUT2D eigenvalue weighted by molar-refractivity contribution is 0.0555. The van der Waals surface area contributed by atoms with E-state index in [9.17, 15) is 0 Å². The number of nitrogens with zero attached hydrogens (tertiary/aromatic N) is 2. The molecule has 0 radical (unpaired) electrons. The highest BCUT2D eigenvalue weighted by Gasteiger charge is 2.38. The minimum atomic E-state index is 0.270. The molecule has 3 heterocycles. The van der Waals surface area contributed by atoms with Crippen LogP contribution in [-0.2, 0) is 4.74 Å². The van der Waals surface area contributed by atoms with Crippen LogP contribution in [0.5, 0.6) is 0 Å². The maximum atomic E-state index is 5.48. The van der Waals surface area contributed by atoms with Crippen molar-refractivity contribution in [2.75, 3.05) is 38.6 Å². The van der Waals surface area contributed by atoms with Crippen molar-refractivity contribution < 1.29 is 4.74 Å². The molecule has 3 fully saturated rings. The molecule has 0 aromatic rings. The molecule has 20 heavy (non-hydrogen) atoms. The second kappa shape index (κ2) is 6.67. The van der Waals surface area contributed by atoms with E-state index in [1.165, 1.54) is 32.4 Å². The zero-order valence-electron chi connectivity index (χ0n) is 12.6. The highest BCUT2D eigenvalue weighted by molar-refractivity contribution is 8.14. The van der Waals surface area contributed by atoms with Crippen LogP contribution in [0.25, 0.3) is 0 Å². The lowest BCUT2D eigenvalue weighted by Gasteiger charge is -2.32. The number of nitrogens with one attached hydrogen (secondary N) is 1. The van der Waals surface area contributed by atoms with Gasteiger partial charge >= 0.3 is 0 Å². The first-order valence-corrected chi connectivity index (χ1v) is 9.03. The molecule has 0 aromatic carbocycles. The fraction of sp³-hybridized carbons (Fsp3) is 0.933. The van der Waals surface area contributed by atoms with E-state index in [1.807, 2.05) is 11.8 Å². The molecular weight excluding hydrogens is 270 g/mol. The largest absolute Gasteiger partial charge is 0.381 e. The second-order valence-electron chi connectivity index (χ2n) is 6.45. The van der Waals surface area contributed by atoms with Gasteiger partial charge in [-0.3, -0.25) is 4.99 Å². The van der Waals surface area contributed by atoms with Gasteiger partial charge in [-0.25, -0.2) is 0 Å². The lowest BCUT2D eigenvalue weighted by atomic mass is 9.93. The minimum Gasteiger partial charge on any atom is -0.381 e. The first-order valence-electron chi connectivity index (χ1n) is 8.05. The Bertz CT molecular complexity index is 349. The number of hydrogen-bond donors (Lipinski definition) is 1. The zero-order chi connectivity index (χ0) is 13.8. The van der Waals surface area contributed by atoms with Gasteiger partial charge in [0.05, 0.1) is 11.6 Å². The highest BCUT2D eigenvalue weighted by Crippen LogP contribution is 2.32. The number of likely N-dealkylation sites (tertiary alicyclic amines) is 1. The van der Waals surface area contributed by atoms with Crippen LogP contribution in [0.1, 0.15) is 39.0 Å². The summed E-state index contributed by atoms with van der Waals surface area (Å²) in [6.07, 6.45) is 6.37. The summed E-state index contributed by atoms with van der Waals surface area (Å²) >= 11 is 1.90. The van der Waals surface area contributed by atoms with Crippen LogP contribution in [-0.4, -0.2) is 60.2 Å². The SMILES string of the molecule is CC(CN1CCCCC1)N=C1NC2(CCOCC2)CS1. The fourth-order valence-corrected chi connectivity index (χ4v) is 4.68. The Morgan fingerprint density at radius 1 is 1.30 bits per heavy atom. The van der Waals surface area contributed by atoms with Crippen molar-refractivity contribution in [1.29, 1.82) is 0 Å². The maximum Gasteiger partial charge on any atom is 0.157 e. The van der Waals surface area contributed by atoms with Crippen LogP contribution in [0.3, 0.4) is 0 Å². The quantitative estimate of drug-likeness (QED) is 0.865. The molecule has 3 aliphatic heterocycles. The number of rotatable bonds is 3. The van der Waals surface area contributed by atoms with E-state index < -0.39 is 0 Å². The molecule has 0 aromatic heterocycles. The van der Waals surface area contributed by atoms with Crippen molar-refractivity contribution in [3.8, 4) is 0 Å². The van der Waals surface area contributed by atoms with Crippen LogP contribution in [0.4, 0.5) is 0 Å². The number of thioether (sulfide) groups is 1. The van der Waals surface area contributed by atoms with Crippen molar-refractivity contribution >= 4 is 16.9 Å². The summed E-state index contributed by atoms with van der Waals surface area (Å²) in [5, 5.41) is 4.85. The van der Waals surface area contributed by atoms with Gasteiger partial charge in [0, 0.05) is 25.5 Å². The van der Waals surface area contributed by atoms with Crippen LogP contribution in [0, 0.1) is 0 Å². The van der Waals surface area contributed by atoms with Gasteiger partial charge in [0.15, 0.2) is 5.17 Å². The topological polar surface area (TPSA) is 36.9 Å².